The third-order valence-corrected chi connectivity index (χ3v) is 4.75. The molecule has 0 amide bonds. The molecule has 0 atom stereocenters. The van der Waals surface area contributed by atoms with Crippen molar-refractivity contribution in [1.82, 2.24) is 5.32 Å². The van der Waals surface area contributed by atoms with Crippen LogP contribution in [0.15, 0.2) is 42.5 Å². The van der Waals surface area contributed by atoms with E-state index in [1.165, 1.54) is 32.1 Å². The van der Waals surface area contributed by atoms with E-state index in [0.717, 1.165) is 35.7 Å². The van der Waals surface area contributed by atoms with Gasteiger partial charge in [0.1, 0.15) is 6.61 Å². The number of halogens is 1. The maximum Gasteiger partial charge on any atom is 0.166 e. The van der Waals surface area contributed by atoms with Crippen molar-refractivity contribution in [2.24, 2.45) is 0 Å². The van der Waals surface area contributed by atoms with Crippen LogP contribution in [0.3, 0.4) is 0 Å². The first-order valence-electron chi connectivity index (χ1n) is 9.49. The highest BCUT2D eigenvalue weighted by atomic mass is 35.5. The molecule has 0 heterocycles. The largest absolute Gasteiger partial charge is 0.493 e. The number of nitrogens with one attached hydrogen (secondary N) is 1. The molecule has 26 heavy (non-hydrogen) atoms. The quantitative estimate of drug-likeness (QED) is 0.462. The van der Waals surface area contributed by atoms with Gasteiger partial charge in [0.15, 0.2) is 11.5 Å². The van der Waals surface area contributed by atoms with Crippen LogP contribution in [-0.2, 0) is 13.2 Å². The summed E-state index contributed by atoms with van der Waals surface area (Å²) in [5, 5.41) is 4.24. The maximum atomic E-state index is 6.23. The van der Waals surface area contributed by atoms with Crippen molar-refractivity contribution in [3.8, 4) is 11.5 Å². The Morgan fingerprint density at radius 1 is 0.923 bits per heavy atom. The highest BCUT2D eigenvalue weighted by Crippen LogP contribution is 2.32. The average Bonchev–Trinajstić information content (AvgIpc) is 2.67. The molecule has 2 rings (SSSR count). The fourth-order valence-corrected chi connectivity index (χ4v) is 3.06. The van der Waals surface area contributed by atoms with Gasteiger partial charge in [-0.3, -0.25) is 0 Å². The molecule has 0 aliphatic carbocycles. The molecule has 2 aromatic rings. The maximum absolute atomic E-state index is 6.23. The normalized spacial score (nSPS) is 10.7. The first-order chi connectivity index (χ1) is 12.8. The van der Waals surface area contributed by atoms with Gasteiger partial charge in [0, 0.05) is 22.7 Å². The molecule has 0 radical (unpaired) electrons. The zero-order valence-corrected chi connectivity index (χ0v) is 16.6. The molecular weight excluding hydrogens is 346 g/mol. The summed E-state index contributed by atoms with van der Waals surface area (Å²) in [6.45, 7) is 4.45. The molecule has 3 nitrogen and oxygen atoms in total. The predicted octanol–water partition coefficient (Wildman–Crippen LogP) is 5.99. The topological polar surface area (TPSA) is 30.5 Å². The lowest BCUT2D eigenvalue weighted by molar-refractivity contribution is 0.280. The van der Waals surface area contributed by atoms with E-state index in [4.69, 9.17) is 21.1 Å². The van der Waals surface area contributed by atoms with Crippen molar-refractivity contribution < 1.29 is 9.47 Å². The molecule has 4 heteroatoms. The smallest absolute Gasteiger partial charge is 0.166 e. The second-order valence-electron chi connectivity index (χ2n) is 6.42. The minimum Gasteiger partial charge on any atom is -0.493 e. The number of rotatable bonds is 12. The highest BCUT2D eigenvalue weighted by Gasteiger charge is 2.11. The monoisotopic (exact) mass is 375 g/mol. The average molecular weight is 376 g/mol. The van der Waals surface area contributed by atoms with Gasteiger partial charge < -0.3 is 14.8 Å². The molecule has 2 aromatic carbocycles. The molecular formula is C22H30ClNO2. The second-order valence-corrected chi connectivity index (χ2v) is 6.83. The van der Waals surface area contributed by atoms with Crippen LogP contribution in [0.25, 0.3) is 0 Å². The Balaban J connectivity index is 1.93. The highest BCUT2D eigenvalue weighted by molar-refractivity contribution is 6.31. The van der Waals surface area contributed by atoms with E-state index in [0.29, 0.717) is 11.6 Å². The van der Waals surface area contributed by atoms with Crippen molar-refractivity contribution in [2.45, 2.75) is 52.2 Å². The molecule has 0 aliphatic rings. The lowest BCUT2D eigenvalue weighted by Crippen LogP contribution is -2.15. The molecule has 0 bridgehead atoms. The first-order valence-corrected chi connectivity index (χ1v) is 9.86. The van der Waals surface area contributed by atoms with Crippen LogP contribution in [0.5, 0.6) is 11.5 Å². The molecule has 1 N–H and O–H groups in total. The van der Waals surface area contributed by atoms with Gasteiger partial charge in [0.25, 0.3) is 0 Å². The molecule has 0 aliphatic heterocycles. The van der Waals surface area contributed by atoms with E-state index >= 15 is 0 Å². The summed E-state index contributed by atoms with van der Waals surface area (Å²) in [6, 6.07) is 13.7. The Kier molecular flexibility index (Phi) is 9.36. The van der Waals surface area contributed by atoms with Gasteiger partial charge in [-0.2, -0.15) is 0 Å². The Morgan fingerprint density at radius 2 is 1.69 bits per heavy atom. The zero-order valence-electron chi connectivity index (χ0n) is 15.9. The Bertz CT molecular complexity index is 660. The molecule has 142 valence electrons. The van der Waals surface area contributed by atoms with E-state index in [2.05, 4.69) is 18.3 Å². The first kappa shape index (κ1) is 20.6. The minimum absolute atomic E-state index is 0.421. The second kappa shape index (κ2) is 11.8. The van der Waals surface area contributed by atoms with Crippen LogP contribution in [0.4, 0.5) is 0 Å². The molecule has 0 spiro atoms. The van der Waals surface area contributed by atoms with E-state index in [9.17, 15) is 0 Å². The van der Waals surface area contributed by atoms with E-state index in [1.807, 2.05) is 36.4 Å². The summed E-state index contributed by atoms with van der Waals surface area (Å²) in [6.07, 6.45) is 6.43. The van der Waals surface area contributed by atoms with Crippen LogP contribution in [0.2, 0.25) is 5.02 Å². The fraction of sp³-hybridized carbons (Fsp3) is 0.455. The van der Waals surface area contributed by atoms with Gasteiger partial charge in [-0.05, 0) is 25.1 Å². The van der Waals surface area contributed by atoms with Crippen LogP contribution in [0.1, 0.15) is 50.2 Å². The van der Waals surface area contributed by atoms with E-state index < -0.39 is 0 Å². The molecule has 0 saturated carbocycles. The fourth-order valence-electron chi connectivity index (χ4n) is 2.87. The number of hydrogen-bond donors (Lipinski definition) is 1. The van der Waals surface area contributed by atoms with Crippen LogP contribution >= 0.6 is 11.6 Å². The summed E-state index contributed by atoms with van der Waals surface area (Å²) in [5.41, 5.74) is 2.07. The third kappa shape index (κ3) is 6.54. The number of unbranched alkanes of at least 4 members (excludes halogenated alkanes) is 4. The third-order valence-electron chi connectivity index (χ3n) is 4.38. The van der Waals surface area contributed by atoms with E-state index in [1.54, 1.807) is 7.11 Å². The number of benzene rings is 2. The van der Waals surface area contributed by atoms with Gasteiger partial charge in [0.2, 0.25) is 0 Å². The summed E-state index contributed by atoms with van der Waals surface area (Å²) < 4.78 is 11.6. The lowest BCUT2D eigenvalue weighted by Gasteiger charge is -2.16. The van der Waals surface area contributed by atoms with Crippen molar-refractivity contribution in [3.05, 3.63) is 58.6 Å². The van der Waals surface area contributed by atoms with Gasteiger partial charge >= 0.3 is 0 Å². The van der Waals surface area contributed by atoms with Crippen molar-refractivity contribution in [2.75, 3.05) is 13.7 Å². The summed E-state index contributed by atoms with van der Waals surface area (Å²) in [4.78, 5) is 0. The van der Waals surface area contributed by atoms with Gasteiger partial charge in [0.05, 0.1) is 7.11 Å². The molecule has 0 saturated heterocycles. The molecule has 0 aromatic heterocycles. The standard InChI is InChI=1S/C22H30ClNO2/c1-3-4-5-6-9-15-24-16-18-12-10-14-21(25-2)22(18)26-17-19-11-7-8-13-20(19)23/h7-8,10-14,24H,3-6,9,15-17H2,1-2H3. The predicted molar refractivity (Wildman–Crippen MR) is 109 cm³/mol. The Morgan fingerprint density at radius 3 is 2.46 bits per heavy atom. The van der Waals surface area contributed by atoms with Crippen molar-refractivity contribution >= 4 is 11.6 Å². The Hall–Kier alpha value is -1.71. The SMILES string of the molecule is CCCCCCCNCc1cccc(OC)c1OCc1ccccc1Cl. The number of para-hydroxylation sites is 1. The van der Waals surface area contributed by atoms with Crippen LogP contribution in [0, 0.1) is 0 Å². The number of methoxy groups -OCH3 is 1. The van der Waals surface area contributed by atoms with Crippen molar-refractivity contribution in [3.63, 3.8) is 0 Å². The molecule has 0 fully saturated rings. The minimum atomic E-state index is 0.421. The zero-order chi connectivity index (χ0) is 18.6. The van der Waals surface area contributed by atoms with Gasteiger partial charge in [-0.25, -0.2) is 0 Å². The Labute approximate surface area is 162 Å². The van der Waals surface area contributed by atoms with Crippen LogP contribution < -0.4 is 14.8 Å². The van der Waals surface area contributed by atoms with Gasteiger partial charge in [-0.1, -0.05) is 74.5 Å². The summed E-state index contributed by atoms with van der Waals surface area (Å²) in [7, 11) is 1.67. The number of ether oxygens (including phenoxy) is 2. The summed E-state index contributed by atoms with van der Waals surface area (Å²) >= 11 is 6.23. The molecule has 0 unspecified atom stereocenters. The lowest BCUT2D eigenvalue weighted by atomic mass is 10.1. The van der Waals surface area contributed by atoms with E-state index in [-0.39, 0.29) is 0 Å². The van der Waals surface area contributed by atoms with Crippen LogP contribution in [-0.4, -0.2) is 13.7 Å². The van der Waals surface area contributed by atoms with Crippen molar-refractivity contribution in [1.29, 1.82) is 0 Å². The summed E-state index contributed by atoms with van der Waals surface area (Å²) in [5.74, 6) is 1.53. The van der Waals surface area contributed by atoms with Gasteiger partial charge in [-0.15, -0.1) is 0 Å². The number of hydrogen-bond acceptors (Lipinski definition) is 3.